The molecule has 3 aromatic rings. The SMILES string of the molecule is CCOC(=O)c1ccc(N2C(=O)C(Cl)=C(Nc3cccc(C(=O)Nc4cc(Cl)ccc4C)c3)C2=O)cc1. The first kappa shape index (κ1) is 25.9. The Balaban J connectivity index is 1.51. The fourth-order valence-electron chi connectivity index (χ4n) is 3.61. The molecule has 0 saturated carbocycles. The summed E-state index contributed by atoms with van der Waals surface area (Å²) in [7, 11) is 0. The van der Waals surface area contributed by atoms with E-state index in [0.717, 1.165) is 10.5 Å². The average Bonchev–Trinajstić information content (AvgIpc) is 3.09. The minimum atomic E-state index is -0.719. The quantitative estimate of drug-likeness (QED) is 0.304. The summed E-state index contributed by atoms with van der Waals surface area (Å²) in [5.41, 5.74) is 2.49. The molecule has 0 spiro atoms. The van der Waals surface area contributed by atoms with Gasteiger partial charge in [0.1, 0.15) is 10.7 Å². The molecular weight excluding hydrogens is 517 g/mol. The molecule has 8 nitrogen and oxygen atoms in total. The van der Waals surface area contributed by atoms with Gasteiger partial charge in [-0.15, -0.1) is 0 Å². The number of imide groups is 1. The van der Waals surface area contributed by atoms with Gasteiger partial charge in [-0.05, 0) is 74.0 Å². The first-order valence-corrected chi connectivity index (χ1v) is 12.0. The van der Waals surface area contributed by atoms with Crippen molar-refractivity contribution in [3.63, 3.8) is 0 Å². The average molecular weight is 538 g/mol. The number of benzene rings is 3. The van der Waals surface area contributed by atoms with Crippen molar-refractivity contribution < 1.29 is 23.9 Å². The third kappa shape index (κ3) is 5.50. The van der Waals surface area contributed by atoms with Crippen LogP contribution in [0.1, 0.15) is 33.2 Å². The predicted octanol–water partition coefficient (Wildman–Crippen LogP) is 5.51. The molecule has 3 aromatic carbocycles. The van der Waals surface area contributed by atoms with E-state index < -0.39 is 17.8 Å². The van der Waals surface area contributed by atoms with Crippen LogP contribution in [0.3, 0.4) is 0 Å². The fourth-order valence-corrected chi connectivity index (χ4v) is 4.00. The Kier molecular flexibility index (Phi) is 7.61. The fraction of sp³-hybridized carbons (Fsp3) is 0.111. The molecule has 0 fully saturated rings. The summed E-state index contributed by atoms with van der Waals surface area (Å²) in [6.45, 7) is 3.76. The highest BCUT2D eigenvalue weighted by Crippen LogP contribution is 2.31. The van der Waals surface area contributed by atoms with Crippen LogP contribution in [0.4, 0.5) is 17.1 Å². The van der Waals surface area contributed by atoms with Gasteiger partial charge in [0.05, 0.1) is 17.9 Å². The Morgan fingerprint density at radius 1 is 0.919 bits per heavy atom. The molecule has 37 heavy (non-hydrogen) atoms. The molecule has 188 valence electrons. The zero-order chi connectivity index (χ0) is 26.7. The number of hydrogen-bond donors (Lipinski definition) is 2. The number of nitrogens with zero attached hydrogens (tertiary/aromatic N) is 1. The summed E-state index contributed by atoms with van der Waals surface area (Å²) >= 11 is 12.3. The van der Waals surface area contributed by atoms with Crippen molar-refractivity contribution >= 4 is 64.0 Å². The van der Waals surface area contributed by atoms with Crippen molar-refractivity contribution in [1.82, 2.24) is 0 Å². The third-order valence-electron chi connectivity index (χ3n) is 5.51. The molecule has 3 amide bonds. The number of hydrogen-bond acceptors (Lipinski definition) is 6. The molecule has 0 aromatic heterocycles. The molecular formula is C27H21Cl2N3O5. The van der Waals surface area contributed by atoms with Crippen LogP contribution >= 0.6 is 23.2 Å². The van der Waals surface area contributed by atoms with Crippen LogP contribution in [0.25, 0.3) is 0 Å². The van der Waals surface area contributed by atoms with Crippen LogP contribution in [0.15, 0.2) is 77.5 Å². The zero-order valence-corrected chi connectivity index (χ0v) is 21.3. The highest BCUT2D eigenvalue weighted by Gasteiger charge is 2.39. The van der Waals surface area contributed by atoms with Crippen LogP contribution in [0.2, 0.25) is 5.02 Å². The molecule has 1 aliphatic heterocycles. The summed E-state index contributed by atoms with van der Waals surface area (Å²) in [4.78, 5) is 51.5. The van der Waals surface area contributed by atoms with Gasteiger partial charge in [-0.3, -0.25) is 14.4 Å². The molecule has 4 rings (SSSR count). The lowest BCUT2D eigenvalue weighted by Crippen LogP contribution is -2.32. The number of amides is 3. The lowest BCUT2D eigenvalue weighted by molar-refractivity contribution is -0.120. The zero-order valence-electron chi connectivity index (χ0n) is 19.8. The summed E-state index contributed by atoms with van der Waals surface area (Å²) in [6.07, 6.45) is 0. The number of esters is 1. The van der Waals surface area contributed by atoms with Crippen LogP contribution in [0, 0.1) is 6.92 Å². The number of carbonyl (C=O) groups excluding carboxylic acids is 4. The van der Waals surface area contributed by atoms with Crippen molar-refractivity contribution in [3.8, 4) is 0 Å². The van der Waals surface area contributed by atoms with Crippen LogP contribution < -0.4 is 15.5 Å². The van der Waals surface area contributed by atoms with E-state index in [1.807, 2.05) is 6.92 Å². The Morgan fingerprint density at radius 3 is 2.35 bits per heavy atom. The molecule has 0 bridgehead atoms. The van der Waals surface area contributed by atoms with Crippen molar-refractivity contribution in [2.45, 2.75) is 13.8 Å². The first-order valence-electron chi connectivity index (χ1n) is 11.2. The number of ether oxygens (including phenoxy) is 1. The van der Waals surface area contributed by atoms with Gasteiger partial charge in [0, 0.05) is 22.0 Å². The maximum absolute atomic E-state index is 13.1. The van der Waals surface area contributed by atoms with Crippen LogP contribution in [-0.4, -0.2) is 30.3 Å². The Labute approximate surface area is 222 Å². The van der Waals surface area contributed by atoms with Gasteiger partial charge in [-0.25, -0.2) is 9.69 Å². The van der Waals surface area contributed by atoms with Crippen LogP contribution in [-0.2, 0) is 14.3 Å². The molecule has 2 N–H and O–H groups in total. The van der Waals surface area contributed by atoms with E-state index in [0.29, 0.717) is 22.0 Å². The van der Waals surface area contributed by atoms with E-state index in [1.54, 1.807) is 43.3 Å². The minimum absolute atomic E-state index is 0.135. The number of anilines is 3. The lowest BCUT2D eigenvalue weighted by Gasteiger charge is -2.15. The lowest BCUT2D eigenvalue weighted by atomic mass is 10.1. The number of rotatable bonds is 7. The van der Waals surface area contributed by atoms with E-state index in [-0.39, 0.29) is 34.5 Å². The van der Waals surface area contributed by atoms with Gasteiger partial charge < -0.3 is 15.4 Å². The molecule has 0 atom stereocenters. The van der Waals surface area contributed by atoms with E-state index in [1.165, 1.54) is 30.3 Å². The molecule has 0 unspecified atom stereocenters. The second-order valence-corrected chi connectivity index (χ2v) is 8.84. The highest BCUT2D eigenvalue weighted by atomic mass is 35.5. The van der Waals surface area contributed by atoms with Gasteiger partial charge in [0.15, 0.2) is 0 Å². The second-order valence-electron chi connectivity index (χ2n) is 8.02. The summed E-state index contributed by atoms with van der Waals surface area (Å²) in [5.74, 6) is -2.29. The second kappa shape index (κ2) is 10.9. The Morgan fingerprint density at radius 2 is 1.65 bits per heavy atom. The topological polar surface area (TPSA) is 105 Å². The van der Waals surface area contributed by atoms with Crippen LogP contribution in [0.5, 0.6) is 0 Å². The van der Waals surface area contributed by atoms with E-state index in [4.69, 9.17) is 27.9 Å². The van der Waals surface area contributed by atoms with E-state index in [2.05, 4.69) is 10.6 Å². The van der Waals surface area contributed by atoms with E-state index >= 15 is 0 Å². The van der Waals surface area contributed by atoms with E-state index in [9.17, 15) is 19.2 Å². The smallest absolute Gasteiger partial charge is 0.338 e. The van der Waals surface area contributed by atoms with Gasteiger partial charge in [-0.2, -0.15) is 0 Å². The number of carbonyl (C=O) groups is 4. The predicted molar refractivity (Wildman–Crippen MR) is 142 cm³/mol. The first-order chi connectivity index (χ1) is 17.7. The highest BCUT2D eigenvalue weighted by molar-refractivity contribution is 6.53. The minimum Gasteiger partial charge on any atom is -0.462 e. The number of aryl methyl sites for hydroxylation is 1. The molecule has 10 heteroatoms. The van der Waals surface area contributed by atoms with Gasteiger partial charge >= 0.3 is 5.97 Å². The molecule has 0 radical (unpaired) electrons. The largest absolute Gasteiger partial charge is 0.462 e. The van der Waals surface area contributed by atoms with Crippen molar-refractivity contribution in [2.24, 2.45) is 0 Å². The number of halogens is 2. The Bertz CT molecular complexity index is 1450. The van der Waals surface area contributed by atoms with Crippen molar-refractivity contribution in [1.29, 1.82) is 0 Å². The van der Waals surface area contributed by atoms with Crippen molar-refractivity contribution in [2.75, 3.05) is 22.1 Å². The van der Waals surface area contributed by atoms with Gasteiger partial charge in [0.25, 0.3) is 17.7 Å². The summed E-state index contributed by atoms with van der Waals surface area (Å²) < 4.78 is 4.95. The number of nitrogens with one attached hydrogen (secondary N) is 2. The molecule has 0 aliphatic carbocycles. The molecule has 1 aliphatic rings. The monoisotopic (exact) mass is 537 g/mol. The molecule has 1 heterocycles. The summed E-state index contributed by atoms with van der Waals surface area (Å²) in [6, 6.07) is 17.4. The molecule has 0 saturated heterocycles. The Hall–Kier alpha value is -4.14. The maximum atomic E-state index is 13.1. The standard InChI is InChI=1S/C27H21Cl2N3O5/c1-3-37-27(36)16-8-11-20(12-9-16)32-25(34)22(29)23(26(32)35)30-19-6-4-5-17(13-19)24(33)31-21-14-18(28)10-7-15(21)2/h4-14,30H,3H2,1-2H3,(H,31,33). The maximum Gasteiger partial charge on any atom is 0.338 e. The third-order valence-corrected chi connectivity index (χ3v) is 6.09. The van der Waals surface area contributed by atoms with Gasteiger partial charge in [0.2, 0.25) is 0 Å². The summed E-state index contributed by atoms with van der Waals surface area (Å²) in [5, 5.41) is 5.85. The van der Waals surface area contributed by atoms with Crippen molar-refractivity contribution in [3.05, 3.63) is 99.2 Å². The normalized spacial score (nSPS) is 13.1. The van der Waals surface area contributed by atoms with Gasteiger partial charge in [-0.1, -0.05) is 35.3 Å².